The van der Waals surface area contributed by atoms with Crippen LogP contribution in [0.4, 0.5) is 0 Å². The topological polar surface area (TPSA) is 82.3 Å². The van der Waals surface area contributed by atoms with Gasteiger partial charge in [-0.05, 0) is 70.8 Å². The van der Waals surface area contributed by atoms with Crippen molar-refractivity contribution in [3.8, 4) is 85.1 Å². The van der Waals surface area contributed by atoms with Crippen molar-refractivity contribution in [1.82, 2.24) is 34.5 Å². The third kappa shape index (κ3) is 6.63. The molecule has 334 valence electrons. The zero-order valence-corrected chi connectivity index (χ0v) is 39.6. The second-order valence-corrected chi connectivity index (χ2v) is 19.7. The molecule has 7 nitrogen and oxygen atoms in total. The lowest BCUT2D eigenvalue weighted by molar-refractivity contribution is 0.661. The van der Waals surface area contributed by atoms with Crippen LogP contribution in [0.2, 0.25) is 0 Å². The molecule has 4 heterocycles. The number of fused-ring (bicyclic) bond motifs is 9. The first-order valence-electron chi connectivity index (χ1n) is 23.9. The molecular weight excluding hydrogens is 887 g/mol. The molecule has 1 aliphatic carbocycles. The molecule has 14 rings (SSSR count). The van der Waals surface area contributed by atoms with Crippen LogP contribution in [0.5, 0.6) is 0 Å². The van der Waals surface area contributed by atoms with E-state index in [-0.39, 0.29) is 5.41 Å². The Morgan fingerprint density at radius 1 is 0.338 bits per heavy atom. The highest BCUT2D eigenvalue weighted by atomic mass is 32.1. The van der Waals surface area contributed by atoms with Gasteiger partial charge in [0.1, 0.15) is 0 Å². The Balaban J connectivity index is 1.06. The molecule has 9 aromatic carbocycles. The molecule has 13 aromatic rings. The smallest absolute Gasteiger partial charge is 0.166 e. The van der Waals surface area contributed by atoms with Crippen LogP contribution in [-0.2, 0) is 5.41 Å². The summed E-state index contributed by atoms with van der Waals surface area (Å²) in [7, 11) is 0. The number of benzene rings is 9. The molecule has 0 aliphatic heterocycles. The Kier molecular flexibility index (Phi) is 9.28. The maximum Gasteiger partial charge on any atom is 0.166 e. The van der Waals surface area contributed by atoms with Gasteiger partial charge in [-0.1, -0.05) is 178 Å². The Hall–Kier alpha value is -8.98. The van der Waals surface area contributed by atoms with Crippen LogP contribution in [0.15, 0.2) is 212 Å². The fraction of sp³-hybridized carbons (Fsp3) is 0.0476. The van der Waals surface area contributed by atoms with Crippen LogP contribution < -0.4 is 0 Å². The lowest BCUT2D eigenvalue weighted by atomic mass is 9.82. The molecule has 0 amide bonds. The molecule has 71 heavy (non-hydrogen) atoms. The second kappa shape index (κ2) is 16.1. The summed E-state index contributed by atoms with van der Waals surface area (Å²) in [6.07, 6.45) is 0. The van der Waals surface area contributed by atoms with Gasteiger partial charge in [0.2, 0.25) is 0 Å². The molecular formula is C63H41N7S. The summed E-state index contributed by atoms with van der Waals surface area (Å²) in [5.74, 6) is 3.41. The number of hydrogen-bond donors (Lipinski definition) is 0. The number of para-hydroxylation sites is 1. The number of rotatable bonds is 7. The van der Waals surface area contributed by atoms with E-state index in [9.17, 15) is 0 Å². The van der Waals surface area contributed by atoms with Gasteiger partial charge in [0.05, 0.1) is 16.7 Å². The Labute approximate surface area is 413 Å². The van der Waals surface area contributed by atoms with Crippen molar-refractivity contribution in [2.45, 2.75) is 19.3 Å². The van der Waals surface area contributed by atoms with Crippen LogP contribution >= 0.6 is 11.3 Å². The van der Waals surface area contributed by atoms with E-state index in [2.05, 4.69) is 152 Å². The maximum absolute atomic E-state index is 5.39. The molecule has 0 N–H and O–H groups in total. The van der Waals surface area contributed by atoms with Gasteiger partial charge >= 0.3 is 0 Å². The zero-order chi connectivity index (χ0) is 47.2. The minimum Gasteiger partial charge on any atom is -0.308 e. The molecule has 0 fully saturated rings. The van der Waals surface area contributed by atoms with Crippen LogP contribution in [0.25, 0.3) is 127 Å². The van der Waals surface area contributed by atoms with Gasteiger partial charge < -0.3 is 4.57 Å². The van der Waals surface area contributed by atoms with Crippen molar-refractivity contribution in [3.63, 3.8) is 0 Å². The summed E-state index contributed by atoms with van der Waals surface area (Å²) in [5.41, 5.74) is 13.4. The van der Waals surface area contributed by atoms with Crippen molar-refractivity contribution in [2.24, 2.45) is 0 Å². The normalized spacial score (nSPS) is 12.8. The highest BCUT2D eigenvalue weighted by molar-refractivity contribution is 7.25. The van der Waals surface area contributed by atoms with Gasteiger partial charge in [-0.25, -0.2) is 29.9 Å². The van der Waals surface area contributed by atoms with E-state index >= 15 is 0 Å². The lowest BCUT2D eigenvalue weighted by Crippen LogP contribution is -2.14. The average molecular weight is 928 g/mol. The van der Waals surface area contributed by atoms with Crippen molar-refractivity contribution in [1.29, 1.82) is 0 Å². The highest BCUT2D eigenvalue weighted by Crippen LogP contribution is 2.51. The predicted octanol–water partition coefficient (Wildman–Crippen LogP) is 15.8. The Morgan fingerprint density at radius 2 is 0.859 bits per heavy atom. The molecule has 0 bridgehead atoms. The average Bonchev–Trinajstić information content (AvgIpc) is 4.05. The van der Waals surface area contributed by atoms with Gasteiger partial charge in [-0.15, -0.1) is 11.3 Å². The standard InChI is InChI=1S/C63H41N7S/c1-63(2)49-29-15-12-25-42(49)46-37-53-47(36-50(46)63)43-26-13-16-30-51(43)70(53)52-34-33-41(35-48(52)62-67-57(38-19-6-3-7-20-38)64-58(68-62)39-21-8-4-9-22-39)60-65-59(40-23-10-5-11-24-40)66-61(69-60)45-28-18-32-55-56(45)44-27-14-17-31-54(44)71-55/h3-37H,1-2H3. The fourth-order valence-electron chi connectivity index (χ4n) is 10.7. The third-order valence-corrected chi connectivity index (χ3v) is 15.3. The summed E-state index contributed by atoms with van der Waals surface area (Å²) in [4.78, 5) is 31.8. The monoisotopic (exact) mass is 927 g/mol. The Morgan fingerprint density at radius 3 is 1.54 bits per heavy atom. The lowest BCUT2D eigenvalue weighted by Gasteiger charge is -2.21. The van der Waals surface area contributed by atoms with E-state index in [1.807, 2.05) is 78.9 Å². The molecule has 0 saturated heterocycles. The summed E-state index contributed by atoms with van der Waals surface area (Å²) in [6.45, 7) is 4.68. The minimum absolute atomic E-state index is 0.160. The molecule has 8 heteroatoms. The van der Waals surface area contributed by atoms with Crippen LogP contribution in [-0.4, -0.2) is 34.5 Å². The quantitative estimate of drug-likeness (QED) is 0.158. The first kappa shape index (κ1) is 41.0. The largest absolute Gasteiger partial charge is 0.308 e. The van der Waals surface area contributed by atoms with Gasteiger partial charge in [0, 0.05) is 69.7 Å². The van der Waals surface area contributed by atoms with Gasteiger partial charge in [0.15, 0.2) is 34.9 Å². The van der Waals surface area contributed by atoms with Crippen molar-refractivity contribution in [2.75, 3.05) is 0 Å². The summed E-state index contributed by atoms with van der Waals surface area (Å²) in [5, 5.41) is 4.67. The molecule has 0 saturated carbocycles. The number of aromatic nitrogens is 7. The van der Waals surface area contributed by atoms with E-state index in [0.717, 1.165) is 55.5 Å². The van der Waals surface area contributed by atoms with E-state index in [4.69, 9.17) is 29.9 Å². The number of hydrogen-bond acceptors (Lipinski definition) is 7. The summed E-state index contributed by atoms with van der Waals surface area (Å²) < 4.78 is 4.79. The van der Waals surface area contributed by atoms with Gasteiger partial charge in [0.25, 0.3) is 0 Å². The summed E-state index contributed by atoms with van der Waals surface area (Å²) >= 11 is 1.78. The SMILES string of the molecule is CC1(C)c2ccccc2-c2cc3c(cc21)c1ccccc1n3-c1ccc(-c2nc(-c3ccccc3)nc(-c3cccc4sc5ccccc5c34)n2)cc1-c1nc(-c2ccccc2)nc(-c2ccccc2)n1. The minimum atomic E-state index is -0.160. The van der Waals surface area contributed by atoms with Gasteiger partial charge in [-0.2, -0.15) is 0 Å². The molecule has 0 spiro atoms. The first-order valence-corrected chi connectivity index (χ1v) is 24.7. The Bertz CT molecular complexity index is 4200. The molecule has 4 aromatic heterocycles. The van der Waals surface area contributed by atoms with Crippen LogP contribution in [0.1, 0.15) is 25.0 Å². The van der Waals surface area contributed by atoms with E-state index in [1.54, 1.807) is 11.3 Å². The van der Waals surface area contributed by atoms with Gasteiger partial charge in [-0.3, -0.25) is 0 Å². The van der Waals surface area contributed by atoms with Crippen molar-refractivity contribution >= 4 is 53.3 Å². The number of thiophene rings is 1. The fourth-order valence-corrected chi connectivity index (χ4v) is 11.8. The van der Waals surface area contributed by atoms with E-state index in [1.165, 1.54) is 47.8 Å². The van der Waals surface area contributed by atoms with E-state index in [0.29, 0.717) is 34.9 Å². The molecule has 1 aliphatic rings. The second-order valence-electron chi connectivity index (χ2n) is 18.7. The third-order valence-electron chi connectivity index (χ3n) is 14.1. The van der Waals surface area contributed by atoms with Crippen LogP contribution in [0.3, 0.4) is 0 Å². The van der Waals surface area contributed by atoms with E-state index < -0.39 is 0 Å². The predicted molar refractivity (Wildman–Crippen MR) is 291 cm³/mol. The van der Waals surface area contributed by atoms with Crippen molar-refractivity contribution < 1.29 is 0 Å². The van der Waals surface area contributed by atoms with Crippen LogP contribution in [0, 0.1) is 0 Å². The molecule has 0 radical (unpaired) electrons. The maximum atomic E-state index is 5.39. The molecule has 0 atom stereocenters. The highest BCUT2D eigenvalue weighted by Gasteiger charge is 2.36. The molecule has 0 unspecified atom stereocenters. The van der Waals surface area contributed by atoms with Crippen molar-refractivity contribution in [3.05, 3.63) is 223 Å². The zero-order valence-electron chi connectivity index (χ0n) is 38.7. The summed E-state index contributed by atoms with van der Waals surface area (Å²) in [6, 6.07) is 74.3. The number of nitrogens with zero attached hydrogens (tertiary/aromatic N) is 7. The first-order chi connectivity index (χ1) is 34.9.